The van der Waals surface area contributed by atoms with Gasteiger partial charge >= 0.3 is 0 Å². The lowest BCUT2D eigenvalue weighted by molar-refractivity contribution is 0.204. The summed E-state index contributed by atoms with van der Waals surface area (Å²) in [7, 11) is -3.67. The van der Waals surface area contributed by atoms with Crippen LogP contribution in [0.4, 0.5) is 10.1 Å². The summed E-state index contributed by atoms with van der Waals surface area (Å²) in [4.78, 5) is 0.155. The molecule has 1 saturated heterocycles. The summed E-state index contributed by atoms with van der Waals surface area (Å²) in [5, 5.41) is 0. The van der Waals surface area contributed by atoms with Gasteiger partial charge in [-0.3, -0.25) is 0 Å². The summed E-state index contributed by atoms with van der Waals surface area (Å²) in [6, 6.07) is 1.10. The topological polar surface area (TPSA) is 63.4 Å². The van der Waals surface area contributed by atoms with Crippen LogP contribution < -0.4 is 5.73 Å². The van der Waals surface area contributed by atoms with Gasteiger partial charge in [0.15, 0.2) is 0 Å². The fourth-order valence-electron chi connectivity index (χ4n) is 3.30. The first-order valence-electron chi connectivity index (χ1n) is 7.26. The molecule has 0 unspecified atom stereocenters. The normalized spacial score (nSPS) is 24.2. The fourth-order valence-corrected chi connectivity index (χ4v) is 5.64. The predicted octanol–water partition coefficient (Wildman–Crippen LogP) is 2.98. The van der Waals surface area contributed by atoms with Crippen LogP contribution in [0.2, 0.25) is 0 Å². The monoisotopic (exact) mass is 314 g/mol. The maximum Gasteiger partial charge on any atom is 0.244 e. The van der Waals surface area contributed by atoms with Gasteiger partial charge in [-0.15, -0.1) is 0 Å². The number of nitrogens with two attached hydrogens (primary N) is 1. The predicted molar refractivity (Wildman–Crippen MR) is 82.1 cm³/mol. The zero-order chi connectivity index (χ0) is 15.9. The van der Waals surface area contributed by atoms with Crippen LogP contribution in [0, 0.1) is 19.7 Å². The Morgan fingerprint density at radius 3 is 2.29 bits per heavy atom. The Kier molecular flexibility index (Phi) is 4.31. The summed E-state index contributed by atoms with van der Waals surface area (Å²) >= 11 is 0. The Morgan fingerprint density at radius 2 is 1.76 bits per heavy atom. The van der Waals surface area contributed by atoms with Crippen molar-refractivity contribution in [3.63, 3.8) is 0 Å². The number of hydrogen-bond acceptors (Lipinski definition) is 3. The third kappa shape index (κ3) is 2.66. The number of anilines is 1. The molecule has 0 aliphatic carbocycles. The first-order chi connectivity index (χ1) is 9.67. The number of aryl methyl sites for hydroxylation is 1. The standard InChI is InChI=1S/C15H23FN2O2S/c1-9-8-13(16)14(17)12(4)15(9)21(19,20)18-10(2)6-5-7-11(18)3/h8,10-11H,5-7,17H2,1-4H3/t10-,11+. The van der Waals surface area contributed by atoms with Crippen LogP contribution in [0.15, 0.2) is 11.0 Å². The van der Waals surface area contributed by atoms with Gasteiger partial charge in [-0.1, -0.05) is 6.42 Å². The van der Waals surface area contributed by atoms with E-state index >= 15 is 0 Å². The molecule has 0 amide bonds. The molecule has 0 bridgehead atoms. The smallest absolute Gasteiger partial charge is 0.244 e. The average Bonchev–Trinajstić information content (AvgIpc) is 2.35. The third-order valence-electron chi connectivity index (χ3n) is 4.35. The van der Waals surface area contributed by atoms with Gasteiger partial charge in [0, 0.05) is 12.1 Å². The zero-order valence-corrected chi connectivity index (χ0v) is 13.8. The van der Waals surface area contributed by atoms with Crippen molar-refractivity contribution in [2.75, 3.05) is 5.73 Å². The second-order valence-electron chi connectivity index (χ2n) is 6.01. The lowest BCUT2D eigenvalue weighted by Crippen LogP contribution is -2.47. The number of sulfonamides is 1. The Balaban J connectivity index is 2.62. The minimum atomic E-state index is -3.67. The Hall–Kier alpha value is -1.14. The number of halogens is 1. The van der Waals surface area contributed by atoms with Gasteiger partial charge in [-0.05, 0) is 57.7 Å². The van der Waals surface area contributed by atoms with Crippen molar-refractivity contribution < 1.29 is 12.8 Å². The molecule has 2 N–H and O–H groups in total. The van der Waals surface area contributed by atoms with Crippen molar-refractivity contribution in [3.05, 3.63) is 23.0 Å². The number of nitrogen functional groups attached to an aromatic ring is 1. The van der Waals surface area contributed by atoms with E-state index in [1.165, 1.54) is 6.07 Å². The van der Waals surface area contributed by atoms with Crippen molar-refractivity contribution in [3.8, 4) is 0 Å². The Morgan fingerprint density at radius 1 is 1.24 bits per heavy atom. The molecule has 1 aromatic rings. The van der Waals surface area contributed by atoms with Gasteiger partial charge in [0.1, 0.15) is 5.82 Å². The fraction of sp³-hybridized carbons (Fsp3) is 0.600. The molecule has 2 atom stereocenters. The van der Waals surface area contributed by atoms with E-state index in [0.717, 1.165) is 19.3 Å². The SMILES string of the molecule is Cc1cc(F)c(N)c(C)c1S(=O)(=O)N1[C@H](C)CCC[C@@H]1C. The summed E-state index contributed by atoms with van der Waals surface area (Å²) < 4.78 is 41.4. The van der Waals surface area contributed by atoms with Crippen LogP contribution >= 0.6 is 0 Å². The van der Waals surface area contributed by atoms with E-state index in [-0.39, 0.29) is 22.7 Å². The highest BCUT2D eigenvalue weighted by Crippen LogP contribution is 2.34. The Bertz CT molecular complexity index is 648. The van der Waals surface area contributed by atoms with E-state index in [4.69, 9.17) is 5.73 Å². The van der Waals surface area contributed by atoms with Gasteiger partial charge in [0.05, 0.1) is 10.6 Å². The van der Waals surface area contributed by atoms with Crippen molar-refractivity contribution in [2.24, 2.45) is 0 Å². The molecule has 21 heavy (non-hydrogen) atoms. The molecule has 0 radical (unpaired) electrons. The third-order valence-corrected chi connectivity index (χ3v) is 6.77. The maximum absolute atomic E-state index is 13.7. The molecule has 1 aromatic carbocycles. The van der Waals surface area contributed by atoms with Gasteiger partial charge in [0.25, 0.3) is 0 Å². The van der Waals surface area contributed by atoms with Crippen molar-refractivity contribution in [1.29, 1.82) is 0 Å². The molecule has 1 aliphatic heterocycles. The van der Waals surface area contributed by atoms with Crippen LogP contribution in [-0.4, -0.2) is 24.8 Å². The molecule has 4 nitrogen and oxygen atoms in total. The van der Waals surface area contributed by atoms with Crippen LogP contribution in [0.1, 0.15) is 44.2 Å². The molecule has 1 heterocycles. The van der Waals surface area contributed by atoms with Gasteiger partial charge in [-0.2, -0.15) is 4.31 Å². The molecule has 2 rings (SSSR count). The number of nitrogens with zero attached hydrogens (tertiary/aromatic N) is 1. The number of piperidine rings is 1. The number of hydrogen-bond donors (Lipinski definition) is 1. The van der Waals surface area contributed by atoms with Crippen LogP contribution in [-0.2, 0) is 10.0 Å². The maximum atomic E-state index is 13.7. The zero-order valence-electron chi connectivity index (χ0n) is 13.0. The summed E-state index contributed by atoms with van der Waals surface area (Å²) in [5.41, 5.74) is 6.31. The molecule has 0 saturated carbocycles. The number of rotatable bonds is 2. The van der Waals surface area contributed by atoms with Gasteiger partial charge in [0.2, 0.25) is 10.0 Å². The van der Waals surface area contributed by atoms with E-state index in [1.807, 2.05) is 13.8 Å². The number of benzene rings is 1. The highest BCUT2D eigenvalue weighted by molar-refractivity contribution is 7.89. The molecular formula is C15H23FN2O2S. The van der Waals surface area contributed by atoms with E-state index < -0.39 is 15.8 Å². The first-order valence-corrected chi connectivity index (χ1v) is 8.70. The van der Waals surface area contributed by atoms with Crippen molar-refractivity contribution in [1.82, 2.24) is 4.31 Å². The first kappa shape index (κ1) is 16.2. The highest BCUT2D eigenvalue weighted by atomic mass is 32.2. The molecule has 6 heteroatoms. The second-order valence-corrected chi connectivity index (χ2v) is 7.79. The Labute approximate surface area is 126 Å². The van der Waals surface area contributed by atoms with Crippen molar-refractivity contribution in [2.45, 2.75) is 63.9 Å². The van der Waals surface area contributed by atoms with Gasteiger partial charge < -0.3 is 5.73 Å². The molecular weight excluding hydrogens is 291 g/mol. The molecule has 1 fully saturated rings. The lowest BCUT2D eigenvalue weighted by Gasteiger charge is -2.38. The summed E-state index contributed by atoms with van der Waals surface area (Å²) in [5.74, 6) is -0.566. The van der Waals surface area contributed by atoms with Crippen LogP contribution in [0.3, 0.4) is 0 Å². The molecule has 118 valence electrons. The molecule has 0 spiro atoms. The molecule has 1 aliphatic rings. The summed E-state index contributed by atoms with van der Waals surface area (Å²) in [6.45, 7) is 7.02. The van der Waals surface area contributed by atoms with E-state index in [1.54, 1.807) is 18.2 Å². The minimum absolute atomic E-state index is 0.0520. The van der Waals surface area contributed by atoms with Crippen molar-refractivity contribution >= 4 is 15.7 Å². The van der Waals surface area contributed by atoms with E-state index in [0.29, 0.717) is 11.1 Å². The van der Waals surface area contributed by atoms with E-state index in [2.05, 4.69) is 0 Å². The lowest BCUT2D eigenvalue weighted by atomic mass is 10.0. The quantitative estimate of drug-likeness (QED) is 0.854. The molecule has 0 aromatic heterocycles. The average molecular weight is 314 g/mol. The van der Waals surface area contributed by atoms with Crippen LogP contribution in [0.25, 0.3) is 0 Å². The summed E-state index contributed by atoms with van der Waals surface area (Å²) in [6.07, 6.45) is 2.72. The van der Waals surface area contributed by atoms with Gasteiger partial charge in [-0.25, -0.2) is 12.8 Å². The van der Waals surface area contributed by atoms with E-state index in [9.17, 15) is 12.8 Å². The highest BCUT2D eigenvalue weighted by Gasteiger charge is 2.37. The largest absolute Gasteiger partial charge is 0.396 e. The minimum Gasteiger partial charge on any atom is -0.396 e. The van der Waals surface area contributed by atoms with Crippen LogP contribution in [0.5, 0.6) is 0 Å². The second kappa shape index (κ2) is 5.57.